The molecule has 0 unspecified atom stereocenters. The van der Waals surface area contributed by atoms with Crippen molar-refractivity contribution < 1.29 is 13.9 Å². The first-order valence-electron chi connectivity index (χ1n) is 7.73. The summed E-state index contributed by atoms with van der Waals surface area (Å²) in [6, 6.07) is 15.2. The second kappa shape index (κ2) is 7.40. The molecule has 0 aliphatic rings. The molecule has 0 radical (unpaired) electrons. The van der Waals surface area contributed by atoms with Gasteiger partial charge in [0.25, 0.3) is 5.91 Å². The zero-order valence-electron chi connectivity index (χ0n) is 13.5. The van der Waals surface area contributed by atoms with Crippen LogP contribution in [-0.4, -0.2) is 12.5 Å². The van der Waals surface area contributed by atoms with Gasteiger partial charge in [0.1, 0.15) is 11.3 Å². The fraction of sp³-hybridized carbons (Fsp3) is 0.158. The number of halogens is 1. The first-order chi connectivity index (χ1) is 12.0. The average molecular weight is 358 g/mol. The topological polar surface area (TPSA) is 68.5 Å². The van der Waals surface area contributed by atoms with E-state index in [4.69, 9.17) is 20.8 Å². The number of benzene rings is 2. The summed E-state index contributed by atoms with van der Waals surface area (Å²) < 4.78 is 10.6. The predicted molar refractivity (Wildman–Crippen MR) is 96.0 cm³/mol. The van der Waals surface area contributed by atoms with Crippen LogP contribution >= 0.6 is 11.6 Å². The van der Waals surface area contributed by atoms with E-state index in [-0.39, 0.29) is 18.6 Å². The summed E-state index contributed by atoms with van der Waals surface area (Å²) in [5.74, 6) is 0.171. The largest absolute Gasteiger partial charge is 0.484 e. The molecule has 1 atom stereocenters. The molecule has 3 aromatic rings. The molecule has 6 heteroatoms. The summed E-state index contributed by atoms with van der Waals surface area (Å²) in [6.07, 6.45) is 0. The van der Waals surface area contributed by atoms with Gasteiger partial charge in [0.2, 0.25) is 0 Å². The second-order valence-electron chi connectivity index (χ2n) is 5.55. The number of hydrogen-bond acceptors (Lipinski definition) is 4. The minimum absolute atomic E-state index is 0.155. The number of amides is 1. The molecule has 1 amide bonds. The average Bonchev–Trinajstić information content (AvgIpc) is 2.59. The molecule has 1 N–H and O–H groups in total. The Morgan fingerprint density at radius 2 is 1.96 bits per heavy atom. The Kier molecular flexibility index (Phi) is 5.05. The van der Waals surface area contributed by atoms with E-state index < -0.39 is 5.63 Å². The Balaban J connectivity index is 1.62. The van der Waals surface area contributed by atoms with Crippen LogP contribution in [0, 0.1) is 0 Å². The maximum absolute atomic E-state index is 12.1. The van der Waals surface area contributed by atoms with E-state index in [1.807, 2.05) is 25.1 Å². The summed E-state index contributed by atoms with van der Waals surface area (Å²) in [6.45, 7) is 1.70. The first kappa shape index (κ1) is 17.0. The van der Waals surface area contributed by atoms with E-state index in [0.717, 1.165) is 10.9 Å². The SMILES string of the molecule is C[C@H](NC(=O)COc1ccc2ccc(=O)oc2c1)c1ccccc1Cl. The summed E-state index contributed by atoms with van der Waals surface area (Å²) in [4.78, 5) is 23.3. The molecule has 0 saturated carbocycles. The van der Waals surface area contributed by atoms with Gasteiger partial charge in [0.15, 0.2) is 6.61 Å². The Labute approximate surface area is 149 Å². The molecule has 1 heterocycles. The highest BCUT2D eigenvalue weighted by Crippen LogP contribution is 2.22. The molecule has 25 heavy (non-hydrogen) atoms. The normalized spacial score (nSPS) is 11.9. The van der Waals surface area contributed by atoms with Crippen LogP contribution in [0.4, 0.5) is 0 Å². The maximum Gasteiger partial charge on any atom is 0.336 e. The van der Waals surface area contributed by atoms with E-state index in [9.17, 15) is 9.59 Å². The van der Waals surface area contributed by atoms with Crippen molar-refractivity contribution in [2.45, 2.75) is 13.0 Å². The minimum atomic E-state index is -0.434. The van der Waals surface area contributed by atoms with Crippen molar-refractivity contribution in [2.75, 3.05) is 6.61 Å². The summed E-state index contributed by atoms with van der Waals surface area (Å²) in [5.41, 5.74) is 0.816. The highest BCUT2D eigenvalue weighted by atomic mass is 35.5. The van der Waals surface area contributed by atoms with Crippen molar-refractivity contribution in [1.82, 2.24) is 5.32 Å². The molecule has 2 aromatic carbocycles. The van der Waals surface area contributed by atoms with E-state index in [1.54, 1.807) is 30.3 Å². The lowest BCUT2D eigenvalue weighted by Crippen LogP contribution is -2.31. The number of rotatable bonds is 5. The van der Waals surface area contributed by atoms with Crippen LogP contribution in [-0.2, 0) is 4.79 Å². The molecule has 0 aliphatic carbocycles. The van der Waals surface area contributed by atoms with E-state index in [2.05, 4.69) is 5.32 Å². The number of carbonyl (C=O) groups excluding carboxylic acids is 1. The molecule has 1 aromatic heterocycles. The Bertz CT molecular complexity index is 967. The molecule has 128 valence electrons. The smallest absolute Gasteiger partial charge is 0.336 e. The van der Waals surface area contributed by atoms with Crippen LogP contribution in [0.3, 0.4) is 0 Å². The van der Waals surface area contributed by atoms with Crippen molar-refractivity contribution >= 4 is 28.5 Å². The molecule has 0 spiro atoms. The lowest BCUT2D eigenvalue weighted by Gasteiger charge is -2.16. The van der Waals surface area contributed by atoms with E-state index >= 15 is 0 Å². The third kappa shape index (κ3) is 4.19. The first-order valence-corrected chi connectivity index (χ1v) is 8.11. The predicted octanol–water partition coefficient (Wildman–Crippen LogP) is 3.70. The highest BCUT2D eigenvalue weighted by molar-refractivity contribution is 6.31. The van der Waals surface area contributed by atoms with Crippen molar-refractivity contribution in [3.8, 4) is 5.75 Å². The number of nitrogens with one attached hydrogen (secondary N) is 1. The zero-order valence-corrected chi connectivity index (χ0v) is 14.2. The highest BCUT2D eigenvalue weighted by Gasteiger charge is 2.12. The van der Waals surface area contributed by atoms with Crippen LogP contribution in [0.15, 0.2) is 63.8 Å². The summed E-state index contributed by atoms with van der Waals surface area (Å²) >= 11 is 6.13. The third-order valence-corrected chi connectivity index (χ3v) is 4.06. The number of carbonyl (C=O) groups is 1. The Morgan fingerprint density at radius 3 is 2.76 bits per heavy atom. The van der Waals surface area contributed by atoms with Crippen molar-refractivity contribution in [2.24, 2.45) is 0 Å². The third-order valence-electron chi connectivity index (χ3n) is 3.71. The van der Waals surface area contributed by atoms with Gasteiger partial charge in [-0.1, -0.05) is 29.8 Å². The van der Waals surface area contributed by atoms with Gasteiger partial charge in [-0.3, -0.25) is 4.79 Å². The molecular formula is C19H16ClNO4. The van der Waals surface area contributed by atoms with Gasteiger partial charge in [-0.25, -0.2) is 4.79 Å². The van der Waals surface area contributed by atoms with E-state index in [1.165, 1.54) is 6.07 Å². The number of hydrogen-bond donors (Lipinski definition) is 1. The Hall–Kier alpha value is -2.79. The van der Waals surface area contributed by atoms with Crippen molar-refractivity contribution in [3.05, 3.63) is 75.6 Å². The van der Waals surface area contributed by atoms with Gasteiger partial charge in [-0.2, -0.15) is 0 Å². The summed E-state index contributed by atoms with van der Waals surface area (Å²) in [5, 5.41) is 4.21. The Morgan fingerprint density at radius 1 is 1.20 bits per heavy atom. The van der Waals surface area contributed by atoms with Crippen LogP contribution in [0.2, 0.25) is 5.02 Å². The van der Waals surface area contributed by atoms with Gasteiger partial charge in [0, 0.05) is 22.5 Å². The van der Waals surface area contributed by atoms with Gasteiger partial charge in [0.05, 0.1) is 6.04 Å². The molecule has 5 nitrogen and oxygen atoms in total. The summed E-state index contributed by atoms with van der Waals surface area (Å²) in [7, 11) is 0. The van der Waals surface area contributed by atoms with Crippen molar-refractivity contribution in [3.63, 3.8) is 0 Å². The van der Waals surface area contributed by atoms with Crippen molar-refractivity contribution in [1.29, 1.82) is 0 Å². The van der Waals surface area contributed by atoms with Crippen LogP contribution in [0.25, 0.3) is 11.0 Å². The van der Waals surface area contributed by atoms with E-state index in [0.29, 0.717) is 16.4 Å². The molecule has 0 aliphatic heterocycles. The minimum Gasteiger partial charge on any atom is -0.484 e. The molecule has 3 rings (SSSR count). The molecule has 0 bridgehead atoms. The van der Waals surface area contributed by atoms with Gasteiger partial charge >= 0.3 is 5.63 Å². The quantitative estimate of drug-likeness (QED) is 0.707. The lowest BCUT2D eigenvalue weighted by atomic mass is 10.1. The van der Waals surface area contributed by atoms with Gasteiger partial charge < -0.3 is 14.5 Å². The zero-order chi connectivity index (χ0) is 17.8. The fourth-order valence-electron chi connectivity index (χ4n) is 2.47. The molecular weight excluding hydrogens is 342 g/mol. The fourth-order valence-corrected chi connectivity index (χ4v) is 2.77. The second-order valence-corrected chi connectivity index (χ2v) is 5.96. The maximum atomic E-state index is 12.1. The standard InChI is InChI=1S/C19H16ClNO4/c1-12(15-4-2-3-5-16(15)20)21-18(22)11-24-14-8-6-13-7-9-19(23)25-17(13)10-14/h2-10,12H,11H2,1H3,(H,21,22)/t12-/m0/s1. The van der Waals surface area contributed by atoms with Gasteiger partial charge in [-0.15, -0.1) is 0 Å². The monoisotopic (exact) mass is 357 g/mol. The van der Waals surface area contributed by atoms with Crippen LogP contribution in [0.1, 0.15) is 18.5 Å². The number of fused-ring (bicyclic) bond motifs is 1. The molecule has 0 fully saturated rings. The van der Waals surface area contributed by atoms with Gasteiger partial charge in [-0.05, 0) is 36.8 Å². The van der Waals surface area contributed by atoms with Crippen LogP contribution in [0.5, 0.6) is 5.75 Å². The van der Waals surface area contributed by atoms with Crippen LogP contribution < -0.4 is 15.7 Å². The number of ether oxygens (including phenoxy) is 1. The molecule has 0 saturated heterocycles. The lowest BCUT2D eigenvalue weighted by molar-refractivity contribution is -0.123.